The minimum atomic E-state index is -0.651. The zero-order chi connectivity index (χ0) is 14.7. The third kappa shape index (κ3) is 2.98. The molecule has 0 aliphatic carbocycles. The Bertz CT molecular complexity index is 687. The molecule has 0 atom stereocenters. The van der Waals surface area contributed by atoms with E-state index in [1.165, 1.54) is 12.1 Å². The normalized spacial score (nSPS) is 10.8. The van der Waals surface area contributed by atoms with Gasteiger partial charge in [-0.2, -0.15) is 0 Å². The van der Waals surface area contributed by atoms with Gasteiger partial charge in [0, 0.05) is 6.07 Å². The fraction of sp³-hybridized carbons (Fsp3) is 0. The van der Waals surface area contributed by atoms with Gasteiger partial charge in [0.05, 0.1) is 0 Å². The molecule has 3 aromatic rings. The number of hydrogen-bond acceptors (Lipinski definition) is 0. The second-order valence-electron chi connectivity index (χ2n) is 4.51. The van der Waals surface area contributed by atoms with Crippen LogP contribution < -0.4 is 0 Å². The predicted molar refractivity (Wildman–Crippen MR) is 81.4 cm³/mol. The highest BCUT2D eigenvalue weighted by Gasteiger charge is 2.31. The van der Waals surface area contributed by atoms with E-state index in [9.17, 15) is 8.78 Å². The SMILES string of the molecule is Fc1ccc(F)c([S+](c2ccccc2)c2ccccc2)c1. The third-order valence-corrected chi connectivity index (χ3v) is 5.31. The van der Waals surface area contributed by atoms with E-state index in [-0.39, 0.29) is 5.82 Å². The second-order valence-corrected chi connectivity index (χ2v) is 6.50. The average Bonchev–Trinajstić information content (AvgIpc) is 2.53. The number of rotatable bonds is 3. The number of hydrogen-bond donors (Lipinski definition) is 0. The van der Waals surface area contributed by atoms with Crippen LogP contribution in [0.4, 0.5) is 8.78 Å². The molecule has 0 fully saturated rings. The molecule has 0 bridgehead atoms. The lowest BCUT2D eigenvalue weighted by atomic mass is 10.3. The first-order valence-corrected chi connectivity index (χ1v) is 7.77. The lowest BCUT2D eigenvalue weighted by molar-refractivity contribution is 0.576. The maximum Gasteiger partial charge on any atom is 0.205 e. The van der Waals surface area contributed by atoms with Crippen LogP contribution in [0.1, 0.15) is 0 Å². The van der Waals surface area contributed by atoms with Crippen LogP contribution in [0.25, 0.3) is 0 Å². The minimum Gasteiger partial charge on any atom is -0.207 e. The standard InChI is InChI=1S/C18H13F2S/c19-14-11-12-17(20)18(13-14)21(15-7-3-1-4-8-15)16-9-5-2-6-10-16/h1-13H/q+1. The highest BCUT2D eigenvalue weighted by molar-refractivity contribution is 7.97. The molecule has 0 saturated heterocycles. The first-order chi connectivity index (χ1) is 10.3. The molecule has 0 heterocycles. The Morgan fingerprint density at radius 2 is 1.14 bits per heavy atom. The van der Waals surface area contributed by atoms with Gasteiger partial charge in [0.25, 0.3) is 0 Å². The second kappa shape index (κ2) is 6.10. The van der Waals surface area contributed by atoms with Crippen molar-refractivity contribution in [2.24, 2.45) is 0 Å². The van der Waals surface area contributed by atoms with Gasteiger partial charge >= 0.3 is 0 Å². The van der Waals surface area contributed by atoms with E-state index in [0.29, 0.717) is 4.90 Å². The van der Waals surface area contributed by atoms with Crippen LogP contribution in [0, 0.1) is 11.6 Å². The van der Waals surface area contributed by atoms with Gasteiger partial charge in [-0.15, -0.1) is 0 Å². The van der Waals surface area contributed by atoms with Crippen molar-refractivity contribution in [1.29, 1.82) is 0 Å². The van der Waals surface area contributed by atoms with Crippen LogP contribution in [0.5, 0.6) is 0 Å². The molecule has 0 aliphatic heterocycles. The van der Waals surface area contributed by atoms with E-state index in [0.717, 1.165) is 15.9 Å². The van der Waals surface area contributed by atoms with Crippen molar-refractivity contribution in [3.8, 4) is 0 Å². The Balaban J connectivity index is 2.20. The monoisotopic (exact) mass is 299 g/mol. The van der Waals surface area contributed by atoms with Gasteiger partial charge in [-0.1, -0.05) is 36.4 Å². The summed E-state index contributed by atoms with van der Waals surface area (Å²) in [5.74, 6) is -0.803. The highest BCUT2D eigenvalue weighted by Crippen LogP contribution is 2.32. The van der Waals surface area contributed by atoms with E-state index < -0.39 is 16.7 Å². The molecular weight excluding hydrogens is 286 g/mol. The minimum absolute atomic E-state index is 0.382. The van der Waals surface area contributed by atoms with Crippen molar-refractivity contribution in [1.82, 2.24) is 0 Å². The Labute approximate surface area is 125 Å². The summed E-state index contributed by atoms with van der Waals surface area (Å²) in [4.78, 5) is 2.31. The lowest BCUT2D eigenvalue weighted by Crippen LogP contribution is -2.07. The summed E-state index contributed by atoms with van der Waals surface area (Å²) in [6.07, 6.45) is 0. The molecule has 21 heavy (non-hydrogen) atoms. The largest absolute Gasteiger partial charge is 0.207 e. The van der Waals surface area contributed by atoms with Crippen molar-refractivity contribution in [2.75, 3.05) is 0 Å². The molecule has 3 rings (SSSR count). The Morgan fingerprint density at radius 3 is 1.67 bits per heavy atom. The fourth-order valence-corrected chi connectivity index (χ4v) is 4.27. The van der Waals surface area contributed by atoms with E-state index in [1.807, 2.05) is 60.7 Å². The van der Waals surface area contributed by atoms with Crippen molar-refractivity contribution < 1.29 is 8.78 Å². The molecule has 3 aromatic carbocycles. The fourth-order valence-electron chi connectivity index (χ4n) is 2.14. The molecule has 0 nitrogen and oxygen atoms in total. The summed E-state index contributed by atoms with van der Waals surface area (Å²) in [5, 5.41) is 0. The first-order valence-electron chi connectivity index (χ1n) is 6.55. The quantitative estimate of drug-likeness (QED) is 0.593. The highest BCUT2D eigenvalue weighted by atomic mass is 32.2. The summed E-state index contributed by atoms with van der Waals surface area (Å²) in [5.41, 5.74) is 0. The first kappa shape index (κ1) is 13.8. The van der Waals surface area contributed by atoms with Gasteiger partial charge in [0.1, 0.15) is 16.7 Å². The molecule has 0 unspecified atom stereocenters. The van der Waals surface area contributed by atoms with E-state index in [4.69, 9.17) is 0 Å². The summed E-state index contributed by atoms with van der Waals surface area (Å²) in [7, 11) is -0.651. The molecule has 0 amide bonds. The Morgan fingerprint density at radius 1 is 0.619 bits per heavy atom. The van der Waals surface area contributed by atoms with Gasteiger partial charge in [-0.05, 0) is 36.4 Å². The molecule has 0 saturated carbocycles. The molecule has 0 aromatic heterocycles. The van der Waals surface area contributed by atoms with Crippen molar-refractivity contribution in [3.05, 3.63) is 90.5 Å². The van der Waals surface area contributed by atoms with Crippen LogP contribution in [0.3, 0.4) is 0 Å². The zero-order valence-corrected chi connectivity index (χ0v) is 12.0. The Kier molecular flexibility index (Phi) is 4.02. The number of halogens is 2. The van der Waals surface area contributed by atoms with Gasteiger partial charge in [0.15, 0.2) is 15.6 Å². The van der Waals surface area contributed by atoms with Crippen molar-refractivity contribution >= 4 is 10.9 Å². The zero-order valence-electron chi connectivity index (χ0n) is 11.2. The van der Waals surface area contributed by atoms with Gasteiger partial charge < -0.3 is 0 Å². The van der Waals surface area contributed by atoms with Crippen molar-refractivity contribution in [2.45, 2.75) is 14.7 Å². The molecule has 0 spiro atoms. The summed E-state index contributed by atoms with van der Waals surface area (Å²) in [6, 6.07) is 22.9. The van der Waals surface area contributed by atoms with E-state index >= 15 is 0 Å². The average molecular weight is 299 g/mol. The van der Waals surface area contributed by atoms with Crippen molar-refractivity contribution in [3.63, 3.8) is 0 Å². The summed E-state index contributed by atoms with van der Waals surface area (Å²) in [6.45, 7) is 0. The van der Waals surface area contributed by atoms with Crippen LogP contribution >= 0.6 is 0 Å². The summed E-state index contributed by atoms with van der Waals surface area (Å²) < 4.78 is 27.8. The summed E-state index contributed by atoms with van der Waals surface area (Å²) >= 11 is 0. The third-order valence-electron chi connectivity index (χ3n) is 3.07. The number of benzene rings is 3. The maximum atomic E-state index is 14.2. The lowest BCUT2D eigenvalue weighted by Gasteiger charge is -2.08. The molecule has 3 heteroatoms. The van der Waals surface area contributed by atoms with Crippen LogP contribution in [-0.2, 0) is 10.9 Å². The van der Waals surface area contributed by atoms with Gasteiger partial charge in [0.2, 0.25) is 4.90 Å². The molecule has 104 valence electrons. The van der Waals surface area contributed by atoms with Crippen LogP contribution in [-0.4, -0.2) is 0 Å². The molecule has 0 N–H and O–H groups in total. The topological polar surface area (TPSA) is 0 Å². The van der Waals surface area contributed by atoms with E-state index in [1.54, 1.807) is 0 Å². The maximum absolute atomic E-state index is 14.2. The smallest absolute Gasteiger partial charge is 0.205 e. The Hall–Kier alpha value is -2.13. The van der Waals surface area contributed by atoms with E-state index in [2.05, 4.69) is 0 Å². The predicted octanol–water partition coefficient (Wildman–Crippen LogP) is 5.06. The molecule has 0 aliphatic rings. The van der Waals surface area contributed by atoms with Gasteiger partial charge in [-0.3, -0.25) is 0 Å². The molecular formula is C18H13F2S+. The van der Waals surface area contributed by atoms with Crippen LogP contribution in [0.2, 0.25) is 0 Å². The molecule has 0 radical (unpaired) electrons. The van der Waals surface area contributed by atoms with Gasteiger partial charge in [-0.25, -0.2) is 8.78 Å². The van der Waals surface area contributed by atoms with Crippen LogP contribution in [0.15, 0.2) is 93.5 Å².